The minimum absolute atomic E-state index is 0.00605. The van der Waals surface area contributed by atoms with Crippen LogP contribution in [0.5, 0.6) is 5.75 Å². The average Bonchev–Trinajstić information content (AvgIpc) is 2.59. The monoisotopic (exact) mass is 363 g/mol. The van der Waals surface area contributed by atoms with E-state index >= 15 is 0 Å². The molecule has 3 aromatic rings. The second-order valence-corrected chi connectivity index (χ2v) is 5.63. The molecular formula is C18H13F4N3O. The van der Waals surface area contributed by atoms with Gasteiger partial charge in [-0.05, 0) is 42.3 Å². The second-order valence-electron chi connectivity index (χ2n) is 5.63. The van der Waals surface area contributed by atoms with E-state index in [1.807, 2.05) is 0 Å². The number of nitrogens with zero attached hydrogens (tertiary/aromatic N) is 2. The number of aromatic hydroxyl groups is 1. The van der Waals surface area contributed by atoms with Crippen molar-refractivity contribution in [2.24, 2.45) is 0 Å². The lowest BCUT2D eigenvalue weighted by Crippen LogP contribution is -2.05. The van der Waals surface area contributed by atoms with Crippen molar-refractivity contribution < 1.29 is 22.7 Å². The summed E-state index contributed by atoms with van der Waals surface area (Å²) in [7, 11) is 0. The van der Waals surface area contributed by atoms with Crippen LogP contribution in [0.3, 0.4) is 0 Å². The molecule has 0 fully saturated rings. The maximum Gasteiger partial charge on any atom is 0.416 e. The summed E-state index contributed by atoms with van der Waals surface area (Å²) in [5.41, 5.74) is 0.441. The molecule has 26 heavy (non-hydrogen) atoms. The number of aromatic nitrogens is 2. The largest absolute Gasteiger partial charge is 0.505 e. The van der Waals surface area contributed by atoms with Crippen molar-refractivity contribution in [3.8, 4) is 16.9 Å². The maximum absolute atomic E-state index is 14.3. The van der Waals surface area contributed by atoms with Gasteiger partial charge in [0.1, 0.15) is 17.9 Å². The molecule has 3 rings (SSSR count). The quantitative estimate of drug-likeness (QED) is 0.504. The van der Waals surface area contributed by atoms with E-state index in [4.69, 9.17) is 0 Å². The van der Waals surface area contributed by atoms with Gasteiger partial charge >= 0.3 is 6.18 Å². The molecule has 4 nitrogen and oxygen atoms in total. The van der Waals surface area contributed by atoms with Gasteiger partial charge in [-0.1, -0.05) is 6.07 Å². The third-order valence-corrected chi connectivity index (χ3v) is 3.75. The van der Waals surface area contributed by atoms with Crippen LogP contribution >= 0.6 is 0 Å². The first-order valence-electron chi connectivity index (χ1n) is 7.48. The van der Waals surface area contributed by atoms with Crippen LogP contribution in [0.2, 0.25) is 0 Å². The van der Waals surface area contributed by atoms with Crippen molar-refractivity contribution in [2.75, 3.05) is 5.32 Å². The molecule has 0 unspecified atom stereocenters. The van der Waals surface area contributed by atoms with Crippen molar-refractivity contribution >= 4 is 11.4 Å². The summed E-state index contributed by atoms with van der Waals surface area (Å²) in [4.78, 5) is 7.68. The number of nitrogens with one attached hydrogen (secondary N) is 1. The fraction of sp³-hybridized carbons (Fsp3) is 0.111. The zero-order chi connectivity index (χ0) is 18.9. The molecule has 0 spiro atoms. The molecule has 2 N–H and O–H groups in total. The molecule has 0 aliphatic rings. The van der Waals surface area contributed by atoms with E-state index in [2.05, 4.69) is 15.3 Å². The highest BCUT2D eigenvalue weighted by atomic mass is 19.4. The fourth-order valence-electron chi connectivity index (χ4n) is 2.48. The van der Waals surface area contributed by atoms with Crippen LogP contribution in [0.25, 0.3) is 11.1 Å². The smallest absolute Gasteiger partial charge is 0.416 e. The Morgan fingerprint density at radius 2 is 1.73 bits per heavy atom. The van der Waals surface area contributed by atoms with Gasteiger partial charge in [-0.3, -0.25) is 0 Å². The van der Waals surface area contributed by atoms with Gasteiger partial charge in [0.05, 0.1) is 29.3 Å². The molecule has 1 heterocycles. The van der Waals surface area contributed by atoms with E-state index in [0.717, 1.165) is 12.1 Å². The number of rotatable bonds is 3. The molecule has 0 saturated carbocycles. The number of phenolic OH excluding ortho intramolecular Hbond substituents is 1. The van der Waals surface area contributed by atoms with Crippen LogP contribution in [0.15, 0.2) is 49.1 Å². The number of aryl methyl sites for hydroxylation is 1. The van der Waals surface area contributed by atoms with Crippen molar-refractivity contribution in [2.45, 2.75) is 13.1 Å². The van der Waals surface area contributed by atoms with E-state index in [9.17, 15) is 22.7 Å². The van der Waals surface area contributed by atoms with Gasteiger partial charge in [0.2, 0.25) is 0 Å². The third kappa shape index (κ3) is 3.58. The molecule has 0 aliphatic carbocycles. The van der Waals surface area contributed by atoms with Crippen LogP contribution in [0, 0.1) is 12.7 Å². The topological polar surface area (TPSA) is 58.0 Å². The number of hydrogen-bond acceptors (Lipinski definition) is 4. The molecule has 0 radical (unpaired) electrons. The summed E-state index contributed by atoms with van der Waals surface area (Å²) in [5, 5.41) is 13.1. The number of halogens is 4. The minimum atomic E-state index is -4.62. The fourth-order valence-corrected chi connectivity index (χ4v) is 2.48. The van der Waals surface area contributed by atoms with Gasteiger partial charge < -0.3 is 10.4 Å². The predicted molar refractivity (Wildman–Crippen MR) is 88.6 cm³/mol. The highest BCUT2D eigenvalue weighted by Gasteiger charge is 2.31. The Bertz CT molecular complexity index is 943. The van der Waals surface area contributed by atoms with E-state index < -0.39 is 17.6 Å². The number of alkyl halides is 3. The lowest BCUT2D eigenvalue weighted by atomic mass is 9.99. The molecule has 134 valence electrons. The number of hydrogen-bond donors (Lipinski definition) is 2. The lowest BCUT2D eigenvalue weighted by Gasteiger charge is -2.14. The van der Waals surface area contributed by atoms with Crippen LogP contribution in [-0.2, 0) is 6.18 Å². The molecule has 0 bridgehead atoms. The Morgan fingerprint density at radius 1 is 1.04 bits per heavy atom. The summed E-state index contributed by atoms with van der Waals surface area (Å²) in [6.45, 7) is 1.60. The molecule has 0 atom stereocenters. The average molecular weight is 363 g/mol. The van der Waals surface area contributed by atoms with Crippen LogP contribution in [0.1, 0.15) is 11.1 Å². The number of anilines is 2. The molecule has 0 saturated heterocycles. The molecule has 1 aromatic heterocycles. The summed E-state index contributed by atoms with van der Waals surface area (Å²) in [6.07, 6.45) is -0.325. The van der Waals surface area contributed by atoms with Crippen molar-refractivity contribution in [1.29, 1.82) is 0 Å². The normalized spacial score (nSPS) is 11.4. The Kier molecular flexibility index (Phi) is 4.50. The molecule has 2 aromatic carbocycles. The second kappa shape index (κ2) is 6.62. The SMILES string of the molecule is Cc1cc(-c2ccc(C(F)(F)F)cc2F)cc(Nc2cncnc2)c1O. The van der Waals surface area contributed by atoms with Crippen LogP contribution in [0.4, 0.5) is 28.9 Å². The Hall–Kier alpha value is -3.16. The maximum atomic E-state index is 14.3. The summed E-state index contributed by atoms with van der Waals surface area (Å²) in [6, 6.07) is 5.28. The Labute approximate surface area is 146 Å². The molecular weight excluding hydrogens is 350 g/mol. The van der Waals surface area contributed by atoms with Gasteiger partial charge in [-0.25, -0.2) is 14.4 Å². The summed E-state index contributed by atoms with van der Waals surface area (Å²) < 4.78 is 52.4. The van der Waals surface area contributed by atoms with Crippen LogP contribution < -0.4 is 5.32 Å². The Balaban J connectivity index is 2.04. The Morgan fingerprint density at radius 3 is 2.35 bits per heavy atom. The van der Waals surface area contributed by atoms with Crippen molar-refractivity contribution in [3.05, 3.63) is 66.0 Å². The standard InChI is InChI=1S/C18H13F4N3O/c1-10-4-11(14-3-2-12(6-15(14)19)18(20,21)22)5-16(17(10)26)25-13-7-23-9-24-8-13/h2-9,25-26H,1H3. The number of benzene rings is 2. The summed E-state index contributed by atoms with van der Waals surface area (Å²) in [5.74, 6) is -1.07. The van der Waals surface area contributed by atoms with E-state index in [1.165, 1.54) is 30.9 Å². The first kappa shape index (κ1) is 17.7. The highest BCUT2D eigenvalue weighted by molar-refractivity contribution is 5.77. The first-order chi connectivity index (χ1) is 12.3. The van der Waals surface area contributed by atoms with E-state index in [1.54, 1.807) is 6.92 Å². The van der Waals surface area contributed by atoms with Gasteiger partial charge in [0.25, 0.3) is 0 Å². The van der Waals surface area contributed by atoms with E-state index in [0.29, 0.717) is 22.9 Å². The molecule has 0 aliphatic heterocycles. The predicted octanol–water partition coefficient (Wildman–Crippen LogP) is 5.06. The van der Waals surface area contributed by atoms with Gasteiger partial charge in [-0.15, -0.1) is 0 Å². The van der Waals surface area contributed by atoms with Gasteiger partial charge in [-0.2, -0.15) is 13.2 Å². The molecule has 8 heteroatoms. The highest BCUT2D eigenvalue weighted by Crippen LogP contribution is 2.37. The zero-order valence-electron chi connectivity index (χ0n) is 13.5. The van der Waals surface area contributed by atoms with Crippen molar-refractivity contribution in [3.63, 3.8) is 0 Å². The summed E-state index contributed by atoms with van der Waals surface area (Å²) >= 11 is 0. The zero-order valence-corrected chi connectivity index (χ0v) is 13.5. The van der Waals surface area contributed by atoms with Gasteiger partial charge in [0.15, 0.2) is 0 Å². The van der Waals surface area contributed by atoms with Crippen molar-refractivity contribution in [1.82, 2.24) is 9.97 Å². The van der Waals surface area contributed by atoms with Gasteiger partial charge in [0, 0.05) is 5.56 Å². The molecule has 0 amide bonds. The lowest BCUT2D eigenvalue weighted by molar-refractivity contribution is -0.137. The number of phenols is 1. The minimum Gasteiger partial charge on any atom is -0.505 e. The first-order valence-corrected chi connectivity index (χ1v) is 7.48. The van der Waals surface area contributed by atoms with Crippen LogP contribution in [-0.4, -0.2) is 15.1 Å². The van der Waals surface area contributed by atoms with E-state index in [-0.39, 0.29) is 17.0 Å². The third-order valence-electron chi connectivity index (χ3n) is 3.75.